The molecule has 0 heterocycles. The summed E-state index contributed by atoms with van der Waals surface area (Å²) < 4.78 is 0. The Morgan fingerprint density at radius 2 is 1.90 bits per heavy atom. The van der Waals surface area contributed by atoms with Crippen LogP contribution in [0.5, 0.6) is 0 Å². The lowest BCUT2D eigenvalue weighted by Gasteiger charge is -2.21. The van der Waals surface area contributed by atoms with E-state index in [0.717, 1.165) is 0 Å². The lowest BCUT2D eigenvalue weighted by atomic mass is 10.1. The maximum atomic E-state index is 10.6. The molecule has 0 aliphatic carbocycles. The summed E-state index contributed by atoms with van der Waals surface area (Å²) in [6, 6.07) is 0. The molecule has 10 heavy (non-hydrogen) atoms. The molecule has 0 radical (unpaired) electrons. The van der Waals surface area contributed by atoms with Crippen molar-refractivity contribution in [3.63, 3.8) is 0 Å². The molecule has 0 saturated heterocycles. The Balaban J connectivity index is 4.13. The van der Waals surface area contributed by atoms with Crippen LogP contribution < -0.4 is 16.8 Å². The minimum absolute atomic E-state index is 0.0730. The van der Waals surface area contributed by atoms with Crippen LogP contribution in [0.4, 0.5) is 0 Å². The van der Waals surface area contributed by atoms with Gasteiger partial charge in [0.1, 0.15) is 5.54 Å². The maximum absolute atomic E-state index is 10.6. The van der Waals surface area contributed by atoms with Crippen molar-refractivity contribution < 1.29 is 4.79 Å². The zero-order chi connectivity index (χ0) is 8.36. The van der Waals surface area contributed by atoms with E-state index in [9.17, 15) is 4.79 Å². The fraction of sp³-hybridized carbons (Fsp3) is 0.600. The molecule has 0 aromatic heterocycles. The quantitative estimate of drug-likeness (QED) is 0.458. The highest BCUT2D eigenvalue weighted by Crippen LogP contribution is 1.98. The Kier molecular flexibility index (Phi) is 2.59. The Bertz CT molecular complexity index is 166. The van der Waals surface area contributed by atoms with E-state index in [1.807, 2.05) is 0 Å². The van der Waals surface area contributed by atoms with Gasteiger partial charge in [0.15, 0.2) is 5.11 Å². The molecule has 0 rings (SSSR count). The Hall–Kier alpha value is -0.840. The molecule has 0 unspecified atom stereocenters. The van der Waals surface area contributed by atoms with Crippen molar-refractivity contribution in [3.05, 3.63) is 0 Å². The number of hydrogen-bond donors (Lipinski definition) is 3. The smallest absolute Gasteiger partial charge is 0.242 e. The highest BCUT2D eigenvalue weighted by molar-refractivity contribution is 7.80. The number of amides is 1. The average Bonchev–Trinajstić information content (AvgIpc) is 1.60. The summed E-state index contributed by atoms with van der Waals surface area (Å²) in [5.41, 5.74) is 9.28. The van der Waals surface area contributed by atoms with Gasteiger partial charge in [-0.15, -0.1) is 0 Å². The van der Waals surface area contributed by atoms with E-state index in [4.69, 9.17) is 11.5 Å². The summed E-state index contributed by atoms with van der Waals surface area (Å²) in [5.74, 6) is -0.486. The van der Waals surface area contributed by atoms with Gasteiger partial charge in [0.2, 0.25) is 5.91 Å². The fourth-order valence-corrected chi connectivity index (χ4v) is 0.625. The molecule has 0 aliphatic heterocycles. The van der Waals surface area contributed by atoms with Crippen LogP contribution in [0.2, 0.25) is 0 Å². The minimum Gasteiger partial charge on any atom is -0.376 e. The lowest BCUT2D eigenvalue weighted by Crippen LogP contribution is -2.54. The first kappa shape index (κ1) is 9.16. The first-order chi connectivity index (χ1) is 4.36. The highest BCUT2D eigenvalue weighted by Gasteiger charge is 2.24. The third-order valence-electron chi connectivity index (χ3n) is 1.05. The Labute approximate surface area is 64.9 Å². The molecule has 58 valence electrons. The van der Waals surface area contributed by atoms with Crippen LogP contribution in [-0.4, -0.2) is 16.6 Å². The van der Waals surface area contributed by atoms with E-state index in [-0.39, 0.29) is 5.11 Å². The van der Waals surface area contributed by atoms with Gasteiger partial charge in [-0.2, -0.15) is 0 Å². The number of carbonyl (C=O) groups excluding carboxylic acids is 1. The second-order valence-electron chi connectivity index (χ2n) is 2.48. The molecule has 0 fully saturated rings. The molecule has 0 aliphatic rings. The van der Waals surface area contributed by atoms with Gasteiger partial charge in [0.25, 0.3) is 0 Å². The average molecular weight is 161 g/mol. The third-order valence-corrected chi connectivity index (χ3v) is 1.15. The summed E-state index contributed by atoms with van der Waals surface area (Å²) >= 11 is 4.52. The summed E-state index contributed by atoms with van der Waals surface area (Å²) in [6.45, 7) is 3.21. The van der Waals surface area contributed by atoms with Gasteiger partial charge in [0, 0.05) is 0 Å². The highest BCUT2D eigenvalue weighted by atomic mass is 32.1. The minimum atomic E-state index is -0.855. The van der Waals surface area contributed by atoms with Gasteiger partial charge in [-0.1, -0.05) is 0 Å². The second kappa shape index (κ2) is 2.83. The van der Waals surface area contributed by atoms with Gasteiger partial charge in [-0.05, 0) is 26.1 Å². The predicted molar refractivity (Wildman–Crippen MR) is 43.2 cm³/mol. The van der Waals surface area contributed by atoms with Crippen LogP contribution in [0.3, 0.4) is 0 Å². The number of rotatable bonds is 2. The molecule has 0 aromatic carbocycles. The number of nitrogens with two attached hydrogens (primary N) is 2. The Morgan fingerprint density at radius 3 is 2.00 bits per heavy atom. The van der Waals surface area contributed by atoms with Gasteiger partial charge >= 0.3 is 0 Å². The number of hydrogen-bond acceptors (Lipinski definition) is 2. The molecule has 0 bridgehead atoms. The van der Waals surface area contributed by atoms with E-state index in [0.29, 0.717) is 0 Å². The molecule has 5 heteroatoms. The molecule has 0 aromatic rings. The van der Waals surface area contributed by atoms with Gasteiger partial charge in [0.05, 0.1) is 0 Å². The normalized spacial score (nSPS) is 10.6. The van der Waals surface area contributed by atoms with E-state index < -0.39 is 11.4 Å². The number of primary amides is 1. The summed E-state index contributed by atoms with van der Waals surface area (Å²) in [7, 11) is 0. The van der Waals surface area contributed by atoms with Crippen molar-refractivity contribution >= 4 is 23.2 Å². The van der Waals surface area contributed by atoms with Crippen molar-refractivity contribution in [2.45, 2.75) is 19.4 Å². The number of carbonyl (C=O) groups is 1. The molecular weight excluding hydrogens is 150 g/mol. The van der Waals surface area contributed by atoms with Gasteiger partial charge in [-0.25, -0.2) is 0 Å². The predicted octanol–water partition coefficient (Wildman–Crippen LogP) is -0.916. The molecule has 0 saturated carbocycles. The van der Waals surface area contributed by atoms with Crippen molar-refractivity contribution in [2.24, 2.45) is 11.5 Å². The van der Waals surface area contributed by atoms with Crippen molar-refractivity contribution in [2.75, 3.05) is 0 Å². The number of thiocarbonyl (C=S) groups is 1. The largest absolute Gasteiger partial charge is 0.376 e. The first-order valence-electron chi connectivity index (χ1n) is 2.74. The molecule has 0 spiro atoms. The van der Waals surface area contributed by atoms with Crippen LogP contribution in [0.15, 0.2) is 0 Å². The molecule has 1 amide bonds. The van der Waals surface area contributed by atoms with Crippen molar-refractivity contribution in [1.82, 2.24) is 5.32 Å². The van der Waals surface area contributed by atoms with E-state index in [1.54, 1.807) is 13.8 Å². The summed E-state index contributed by atoms with van der Waals surface area (Å²) in [5, 5.41) is 2.63. The first-order valence-corrected chi connectivity index (χ1v) is 3.14. The second-order valence-corrected chi connectivity index (χ2v) is 2.92. The van der Waals surface area contributed by atoms with Gasteiger partial charge < -0.3 is 16.8 Å². The van der Waals surface area contributed by atoms with Crippen LogP contribution in [-0.2, 0) is 4.79 Å². The van der Waals surface area contributed by atoms with Crippen molar-refractivity contribution in [3.8, 4) is 0 Å². The molecule has 0 atom stereocenters. The topological polar surface area (TPSA) is 81.1 Å². The third kappa shape index (κ3) is 2.63. The van der Waals surface area contributed by atoms with Gasteiger partial charge in [-0.3, -0.25) is 4.79 Å². The molecular formula is C5H11N3OS. The van der Waals surface area contributed by atoms with Crippen molar-refractivity contribution in [1.29, 1.82) is 0 Å². The standard InChI is InChI=1S/C5H11N3OS/c1-5(2,3(6)9)8-4(7)10/h1-2H3,(H2,6,9)(H3,7,8,10). The van der Waals surface area contributed by atoms with Crippen LogP contribution in [0.1, 0.15) is 13.8 Å². The monoisotopic (exact) mass is 161 g/mol. The van der Waals surface area contributed by atoms with Crippen LogP contribution in [0, 0.1) is 0 Å². The summed E-state index contributed by atoms with van der Waals surface area (Å²) in [4.78, 5) is 10.6. The molecule has 5 N–H and O–H groups in total. The fourth-order valence-electron chi connectivity index (χ4n) is 0.370. The summed E-state index contributed by atoms with van der Waals surface area (Å²) in [6.07, 6.45) is 0. The molecule has 4 nitrogen and oxygen atoms in total. The van der Waals surface area contributed by atoms with Crippen LogP contribution in [0.25, 0.3) is 0 Å². The SMILES string of the molecule is CC(C)(NC(N)=S)C(N)=O. The van der Waals surface area contributed by atoms with Crippen LogP contribution >= 0.6 is 12.2 Å². The Morgan fingerprint density at radius 1 is 1.50 bits per heavy atom. The number of nitrogens with one attached hydrogen (secondary N) is 1. The zero-order valence-electron chi connectivity index (χ0n) is 5.97. The van der Waals surface area contributed by atoms with E-state index in [2.05, 4.69) is 17.5 Å². The zero-order valence-corrected chi connectivity index (χ0v) is 6.79. The lowest BCUT2D eigenvalue weighted by molar-refractivity contribution is -0.122. The van der Waals surface area contributed by atoms with E-state index >= 15 is 0 Å². The maximum Gasteiger partial charge on any atom is 0.242 e. The van der Waals surface area contributed by atoms with E-state index in [1.165, 1.54) is 0 Å².